The smallest absolute Gasteiger partial charge is 0.496 e. The fraction of sp³-hybridized carbons (Fsp3) is 0.333. The van der Waals surface area contributed by atoms with Gasteiger partial charge < -0.3 is 28.2 Å². The minimum absolute atomic E-state index is 0.0433. The Bertz CT molecular complexity index is 1330. The van der Waals surface area contributed by atoms with Gasteiger partial charge in [0, 0.05) is 15.9 Å². The molecule has 4 rings (SSSR count). The van der Waals surface area contributed by atoms with Crippen LogP contribution in [0.1, 0.15) is 29.2 Å². The molecule has 6 nitrogen and oxygen atoms in total. The average Bonchev–Trinajstić information content (AvgIpc) is 3.16. The molecule has 0 saturated heterocycles. The third-order valence-electron chi connectivity index (χ3n) is 6.23. The highest BCUT2D eigenvalue weighted by molar-refractivity contribution is 7.85. The van der Waals surface area contributed by atoms with Crippen molar-refractivity contribution in [2.45, 2.75) is 40.9 Å². The lowest BCUT2D eigenvalue weighted by Gasteiger charge is -2.25. The Labute approximate surface area is 219 Å². The van der Waals surface area contributed by atoms with E-state index in [2.05, 4.69) is 4.74 Å². The van der Waals surface area contributed by atoms with Gasteiger partial charge in [0.15, 0.2) is 18.6 Å². The maximum atomic E-state index is 15.5. The highest BCUT2D eigenvalue weighted by Crippen LogP contribution is 2.56. The van der Waals surface area contributed by atoms with Crippen molar-refractivity contribution in [2.75, 3.05) is 20.8 Å². The van der Waals surface area contributed by atoms with E-state index >= 15 is 4.57 Å². The molecule has 198 valence electrons. The average molecular weight is 553 g/mol. The van der Waals surface area contributed by atoms with E-state index in [-0.39, 0.29) is 28.4 Å². The van der Waals surface area contributed by atoms with Gasteiger partial charge in [-0.25, -0.2) is 0 Å². The van der Waals surface area contributed by atoms with E-state index in [0.29, 0.717) is 22.1 Å². The molecule has 0 bridgehead atoms. The Kier molecular flexibility index (Phi) is 7.12. The molecule has 0 fully saturated rings. The Balaban J connectivity index is 2.12. The summed E-state index contributed by atoms with van der Waals surface area (Å²) in [6.07, 6.45) is -3.94. The van der Waals surface area contributed by atoms with Crippen LogP contribution >= 0.6 is 18.7 Å². The van der Waals surface area contributed by atoms with Gasteiger partial charge in [-0.2, -0.15) is 0 Å². The van der Waals surface area contributed by atoms with Crippen molar-refractivity contribution in [1.29, 1.82) is 0 Å². The lowest BCUT2D eigenvalue weighted by atomic mass is 10.1. The first-order valence-corrected chi connectivity index (χ1v) is 13.6. The summed E-state index contributed by atoms with van der Waals surface area (Å²) in [7, 11) is -0.684. The Hall–Kier alpha value is -2.96. The summed E-state index contributed by atoms with van der Waals surface area (Å²) in [4.78, 5) is 0. The SMILES string of the molecule is CCOc1cc(P(=O)(c2cc(C)c(OC)c(C)c2)c2cc(C)c(OC)c(C)c2)c(Cl)c2c1OC(F)(F)O2. The molecule has 10 heteroatoms. The molecule has 0 aromatic heterocycles. The first-order valence-electron chi connectivity index (χ1n) is 11.5. The van der Waals surface area contributed by atoms with Crippen molar-refractivity contribution in [3.05, 3.63) is 57.6 Å². The highest BCUT2D eigenvalue weighted by Gasteiger charge is 2.48. The largest absolute Gasteiger partial charge is 0.586 e. The molecule has 0 amide bonds. The first kappa shape index (κ1) is 27.1. The Morgan fingerprint density at radius 2 is 1.27 bits per heavy atom. The molecule has 1 aliphatic heterocycles. The fourth-order valence-electron chi connectivity index (χ4n) is 4.81. The van der Waals surface area contributed by atoms with Gasteiger partial charge in [-0.15, -0.1) is 8.78 Å². The Morgan fingerprint density at radius 3 is 1.68 bits per heavy atom. The highest BCUT2D eigenvalue weighted by atomic mass is 35.5. The summed E-state index contributed by atoms with van der Waals surface area (Å²) >= 11 is 6.70. The van der Waals surface area contributed by atoms with Gasteiger partial charge in [0.25, 0.3) is 0 Å². The van der Waals surface area contributed by atoms with E-state index in [9.17, 15) is 8.78 Å². The van der Waals surface area contributed by atoms with Crippen LogP contribution in [0.15, 0.2) is 30.3 Å². The zero-order valence-corrected chi connectivity index (χ0v) is 23.3. The van der Waals surface area contributed by atoms with Crippen molar-refractivity contribution in [3.8, 4) is 28.7 Å². The molecule has 0 atom stereocenters. The molecule has 3 aromatic rings. The van der Waals surface area contributed by atoms with Crippen molar-refractivity contribution in [3.63, 3.8) is 0 Å². The number of aryl methyl sites for hydroxylation is 4. The van der Waals surface area contributed by atoms with E-state index in [4.69, 9.17) is 30.5 Å². The predicted molar refractivity (Wildman–Crippen MR) is 140 cm³/mol. The van der Waals surface area contributed by atoms with Crippen LogP contribution in [0, 0.1) is 27.7 Å². The van der Waals surface area contributed by atoms with E-state index < -0.39 is 19.2 Å². The summed E-state index contributed by atoms with van der Waals surface area (Å²) in [5, 5.41) is 0.742. The summed E-state index contributed by atoms with van der Waals surface area (Å²) in [6, 6.07) is 8.45. The molecule has 3 aromatic carbocycles. The van der Waals surface area contributed by atoms with Crippen LogP contribution in [0.5, 0.6) is 28.7 Å². The maximum Gasteiger partial charge on any atom is 0.586 e. The molecule has 0 unspecified atom stereocenters. The molecule has 37 heavy (non-hydrogen) atoms. The second-order valence-corrected chi connectivity index (χ2v) is 11.9. The number of hydrogen-bond donors (Lipinski definition) is 0. The van der Waals surface area contributed by atoms with Crippen LogP contribution in [-0.4, -0.2) is 27.1 Å². The Morgan fingerprint density at radius 1 is 0.838 bits per heavy atom. The van der Waals surface area contributed by atoms with Crippen molar-refractivity contribution < 1.29 is 37.0 Å². The molecule has 0 spiro atoms. The maximum absolute atomic E-state index is 15.5. The molecule has 1 aliphatic rings. The van der Waals surface area contributed by atoms with Gasteiger partial charge in [0.05, 0.1) is 25.8 Å². The van der Waals surface area contributed by atoms with Gasteiger partial charge in [-0.1, -0.05) is 11.6 Å². The van der Waals surface area contributed by atoms with E-state index in [1.165, 1.54) is 6.07 Å². The summed E-state index contributed by atoms with van der Waals surface area (Å²) < 4.78 is 69.8. The number of fused-ring (bicyclic) bond motifs is 1. The molecule has 0 aliphatic carbocycles. The van der Waals surface area contributed by atoms with Crippen LogP contribution < -0.4 is 39.6 Å². The number of rotatable bonds is 7. The molecule has 1 heterocycles. The van der Waals surface area contributed by atoms with Crippen LogP contribution in [0.3, 0.4) is 0 Å². The van der Waals surface area contributed by atoms with Crippen molar-refractivity contribution in [1.82, 2.24) is 0 Å². The van der Waals surface area contributed by atoms with Crippen LogP contribution in [0.25, 0.3) is 0 Å². The minimum Gasteiger partial charge on any atom is -0.496 e. The van der Waals surface area contributed by atoms with Gasteiger partial charge in [0.1, 0.15) is 11.5 Å². The van der Waals surface area contributed by atoms with Crippen molar-refractivity contribution >= 4 is 34.7 Å². The molecule has 0 radical (unpaired) electrons. The van der Waals surface area contributed by atoms with Gasteiger partial charge in [-0.05, 0) is 87.2 Å². The van der Waals surface area contributed by atoms with Crippen LogP contribution in [-0.2, 0) is 4.57 Å². The number of halogens is 3. The zero-order chi connectivity index (χ0) is 27.3. The van der Waals surface area contributed by atoms with Gasteiger partial charge >= 0.3 is 6.29 Å². The van der Waals surface area contributed by atoms with E-state index in [1.807, 2.05) is 27.7 Å². The normalized spacial score (nSPS) is 14.0. The number of alkyl halides is 2. The minimum atomic E-state index is -3.94. The third kappa shape index (κ3) is 4.51. The number of methoxy groups -OCH3 is 2. The monoisotopic (exact) mass is 552 g/mol. The molecule has 0 saturated carbocycles. The first-order chi connectivity index (χ1) is 17.4. The van der Waals surface area contributed by atoms with Gasteiger partial charge in [-0.3, -0.25) is 0 Å². The number of ether oxygens (including phenoxy) is 5. The van der Waals surface area contributed by atoms with E-state index in [0.717, 1.165) is 22.3 Å². The quantitative estimate of drug-likeness (QED) is 0.338. The molecule has 0 N–H and O–H groups in total. The standard InChI is InChI=1S/C27H28ClF2O6P/c1-8-34-20-13-21(22(28)26-25(20)35-27(29,30)36-26)37(31,18-9-14(2)23(32-6)15(3)10-18)19-11-16(4)24(33-7)17(5)12-19/h9-13H,8H2,1-7H3. The van der Waals surface area contributed by atoms with Gasteiger partial charge in [0.2, 0.25) is 5.75 Å². The summed E-state index contributed by atoms with van der Waals surface area (Å²) in [6.45, 7) is 9.22. The lowest BCUT2D eigenvalue weighted by Crippen LogP contribution is -2.28. The fourth-order valence-corrected chi connectivity index (χ4v) is 8.38. The second kappa shape index (κ2) is 9.73. The predicted octanol–water partition coefficient (Wildman–Crippen LogP) is 5.95. The number of benzene rings is 3. The van der Waals surface area contributed by atoms with E-state index in [1.54, 1.807) is 45.4 Å². The van der Waals surface area contributed by atoms with Crippen LogP contribution in [0.4, 0.5) is 8.78 Å². The van der Waals surface area contributed by atoms with Crippen molar-refractivity contribution in [2.24, 2.45) is 0 Å². The lowest BCUT2D eigenvalue weighted by molar-refractivity contribution is -0.287. The second-order valence-electron chi connectivity index (χ2n) is 8.80. The van der Waals surface area contributed by atoms with Crippen LogP contribution in [0.2, 0.25) is 5.02 Å². The molecular formula is C27H28ClF2O6P. The third-order valence-corrected chi connectivity index (χ3v) is 9.74. The topological polar surface area (TPSA) is 63.2 Å². The number of hydrogen-bond acceptors (Lipinski definition) is 6. The summed E-state index contributed by atoms with van der Waals surface area (Å²) in [5.74, 6) is 0.513. The molecular weight excluding hydrogens is 525 g/mol. The summed E-state index contributed by atoms with van der Waals surface area (Å²) in [5.41, 5.74) is 3.03. The zero-order valence-electron chi connectivity index (χ0n) is 21.6.